The van der Waals surface area contributed by atoms with Gasteiger partial charge in [-0.1, -0.05) is 17.7 Å². The van der Waals surface area contributed by atoms with Crippen molar-refractivity contribution >= 4 is 23.6 Å². The molecule has 0 unspecified atom stereocenters. The lowest BCUT2D eigenvalue weighted by Gasteiger charge is -2.15. The van der Waals surface area contributed by atoms with Crippen molar-refractivity contribution in [3.8, 4) is 0 Å². The van der Waals surface area contributed by atoms with E-state index in [9.17, 15) is 9.18 Å². The number of benzene rings is 1. The van der Waals surface area contributed by atoms with E-state index in [2.05, 4.69) is 0 Å². The monoisotopic (exact) mass is 255 g/mol. The van der Waals surface area contributed by atoms with Gasteiger partial charge in [0.25, 0.3) is 0 Å². The largest absolute Gasteiger partial charge is 0.340 e. The van der Waals surface area contributed by atoms with E-state index in [1.54, 1.807) is 17.0 Å². The van der Waals surface area contributed by atoms with E-state index >= 15 is 0 Å². The van der Waals surface area contributed by atoms with Crippen molar-refractivity contribution in [3.05, 3.63) is 40.7 Å². The van der Waals surface area contributed by atoms with Crippen LogP contribution in [0.25, 0.3) is 6.08 Å². The maximum absolute atomic E-state index is 12.9. The molecule has 1 amide bonds. The van der Waals surface area contributed by atoms with Gasteiger partial charge in [0, 0.05) is 19.2 Å². The molecular formula is C13H15ClFNO. The molecule has 1 aromatic carbocycles. The third-order valence-electron chi connectivity index (χ3n) is 2.44. The summed E-state index contributed by atoms with van der Waals surface area (Å²) in [7, 11) is 0. The molecule has 0 fully saturated rings. The number of hydrogen-bond donors (Lipinski definition) is 0. The van der Waals surface area contributed by atoms with Crippen LogP contribution in [-0.2, 0) is 4.79 Å². The Morgan fingerprint density at radius 3 is 2.59 bits per heavy atom. The molecule has 0 aliphatic heterocycles. The van der Waals surface area contributed by atoms with E-state index < -0.39 is 5.82 Å². The number of nitrogens with zero attached hydrogens (tertiary/aromatic N) is 1. The van der Waals surface area contributed by atoms with Crippen LogP contribution in [0.1, 0.15) is 19.4 Å². The molecule has 0 heterocycles. The van der Waals surface area contributed by atoms with E-state index in [4.69, 9.17) is 11.6 Å². The zero-order chi connectivity index (χ0) is 12.8. The van der Waals surface area contributed by atoms with Crippen molar-refractivity contribution in [2.45, 2.75) is 13.8 Å². The molecule has 2 nitrogen and oxygen atoms in total. The molecule has 1 aromatic rings. The minimum atomic E-state index is -0.459. The molecule has 0 spiro atoms. The van der Waals surface area contributed by atoms with Gasteiger partial charge >= 0.3 is 0 Å². The van der Waals surface area contributed by atoms with Gasteiger partial charge in [-0.05, 0) is 37.6 Å². The van der Waals surface area contributed by atoms with Gasteiger partial charge in [-0.15, -0.1) is 0 Å². The zero-order valence-corrected chi connectivity index (χ0v) is 10.7. The Kier molecular flexibility index (Phi) is 5.16. The van der Waals surface area contributed by atoms with Crippen LogP contribution in [0.5, 0.6) is 0 Å². The van der Waals surface area contributed by atoms with Crippen molar-refractivity contribution in [1.29, 1.82) is 0 Å². The zero-order valence-electron chi connectivity index (χ0n) is 9.91. The Bertz CT molecular complexity index is 427. The highest BCUT2D eigenvalue weighted by Crippen LogP contribution is 2.16. The number of rotatable bonds is 4. The molecular weight excluding hydrogens is 241 g/mol. The van der Waals surface area contributed by atoms with Crippen LogP contribution in [0.3, 0.4) is 0 Å². The van der Waals surface area contributed by atoms with E-state index in [0.717, 1.165) is 0 Å². The minimum Gasteiger partial charge on any atom is -0.340 e. The summed E-state index contributed by atoms with van der Waals surface area (Å²) in [4.78, 5) is 13.4. The van der Waals surface area contributed by atoms with E-state index in [0.29, 0.717) is 18.7 Å². The van der Waals surface area contributed by atoms with Crippen molar-refractivity contribution in [3.63, 3.8) is 0 Å². The van der Waals surface area contributed by atoms with Crippen LogP contribution in [-0.4, -0.2) is 23.9 Å². The summed E-state index contributed by atoms with van der Waals surface area (Å²) in [6, 6.07) is 4.35. The predicted octanol–water partition coefficient (Wildman–Crippen LogP) is 3.36. The lowest BCUT2D eigenvalue weighted by atomic mass is 10.2. The van der Waals surface area contributed by atoms with E-state index in [-0.39, 0.29) is 10.9 Å². The molecule has 0 saturated heterocycles. The van der Waals surface area contributed by atoms with E-state index in [1.807, 2.05) is 13.8 Å². The van der Waals surface area contributed by atoms with Crippen LogP contribution in [0.2, 0.25) is 5.02 Å². The Balaban J connectivity index is 2.76. The lowest BCUT2D eigenvalue weighted by molar-refractivity contribution is -0.125. The van der Waals surface area contributed by atoms with Crippen LogP contribution < -0.4 is 0 Å². The van der Waals surface area contributed by atoms with Crippen molar-refractivity contribution in [2.75, 3.05) is 13.1 Å². The average molecular weight is 256 g/mol. The van der Waals surface area contributed by atoms with Gasteiger partial charge in [0.2, 0.25) is 5.91 Å². The second-order valence-electron chi connectivity index (χ2n) is 3.52. The first kappa shape index (κ1) is 13.7. The molecule has 0 aliphatic carbocycles. The van der Waals surface area contributed by atoms with Crippen LogP contribution >= 0.6 is 11.6 Å². The predicted molar refractivity (Wildman–Crippen MR) is 68.4 cm³/mol. The molecule has 0 aromatic heterocycles. The Hall–Kier alpha value is -1.35. The summed E-state index contributed by atoms with van der Waals surface area (Å²) in [6.45, 7) is 5.18. The summed E-state index contributed by atoms with van der Waals surface area (Å²) < 4.78 is 12.9. The SMILES string of the molecule is CCN(CC)C(=O)C=Cc1ccc(F)c(Cl)c1. The summed E-state index contributed by atoms with van der Waals surface area (Å²) in [5, 5.41) is 0.0578. The first-order chi connectivity index (χ1) is 8.08. The summed E-state index contributed by atoms with van der Waals surface area (Å²) in [6.07, 6.45) is 3.10. The Morgan fingerprint density at radius 1 is 1.41 bits per heavy atom. The molecule has 0 bridgehead atoms. The van der Waals surface area contributed by atoms with Gasteiger partial charge in [-0.2, -0.15) is 0 Å². The maximum atomic E-state index is 12.9. The van der Waals surface area contributed by atoms with Gasteiger partial charge in [0.1, 0.15) is 5.82 Å². The first-order valence-electron chi connectivity index (χ1n) is 5.50. The number of hydrogen-bond acceptors (Lipinski definition) is 1. The first-order valence-corrected chi connectivity index (χ1v) is 5.88. The minimum absolute atomic E-state index is 0.0578. The van der Waals surface area contributed by atoms with Gasteiger partial charge in [0.15, 0.2) is 0 Å². The average Bonchev–Trinajstić information content (AvgIpc) is 2.32. The van der Waals surface area contributed by atoms with Crippen LogP contribution in [0.4, 0.5) is 4.39 Å². The van der Waals surface area contributed by atoms with Gasteiger partial charge in [-0.25, -0.2) is 4.39 Å². The molecule has 0 radical (unpaired) electrons. The topological polar surface area (TPSA) is 20.3 Å². The smallest absolute Gasteiger partial charge is 0.246 e. The fourth-order valence-corrected chi connectivity index (χ4v) is 1.61. The highest BCUT2D eigenvalue weighted by molar-refractivity contribution is 6.30. The number of carbonyl (C=O) groups is 1. The second-order valence-corrected chi connectivity index (χ2v) is 3.92. The fraction of sp³-hybridized carbons (Fsp3) is 0.308. The Labute approximate surface area is 106 Å². The highest BCUT2D eigenvalue weighted by atomic mass is 35.5. The molecule has 1 rings (SSSR count). The number of amides is 1. The van der Waals surface area contributed by atoms with Crippen molar-refractivity contribution in [2.24, 2.45) is 0 Å². The lowest BCUT2D eigenvalue weighted by Crippen LogP contribution is -2.28. The van der Waals surface area contributed by atoms with Gasteiger partial charge < -0.3 is 4.90 Å². The third-order valence-corrected chi connectivity index (χ3v) is 2.73. The maximum Gasteiger partial charge on any atom is 0.246 e. The summed E-state index contributed by atoms with van der Waals surface area (Å²) >= 11 is 5.64. The van der Waals surface area contributed by atoms with Crippen molar-refractivity contribution in [1.82, 2.24) is 4.90 Å². The van der Waals surface area contributed by atoms with Crippen molar-refractivity contribution < 1.29 is 9.18 Å². The third kappa shape index (κ3) is 3.86. The fourth-order valence-electron chi connectivity index (χ4n) is 1.42. The molecule has 0 saturated carbocycles. The van der Waals surface area contributed by atoms with Crippen LogP contribution in [0, 0.1) is 5.82 Å². The quantitative estimate of drug-likeness (QED) is 0.756. The number of carbonyl (C=O) groups excluding carboxylic acids is 1. The second kappa shape index (κ2) is 6.40. The van der Waals surface area contributed by atoms with Gasteiger partial charge in [0.05, 0.1) is 5.02 Å². The molecule has 17 heavy (non-hydrogen) atoms. The standard InChI is InChI=1S/C13H15ClFNO/c1-3-16(4-2)13(17)8-6-10-5-7-12(15)11(14)9-10/h5-9H,3-4H2,1-2H3. The summed E-state index contributed by atoms with van der Waals surface area (Å²) in [5.41, 5.74) is 0.705. The van der Waals surface area contributed by atoms with Gasteiger partial charge in [-0.3, -0.25) is 4.79 Å². The molecule has 0 N–H and O–H groups in total. The Morgan fingerprint density at radius 2 is 2.06 bits per heavy atom. The molecule has 0 aliphatic rings. The molecule has 92 valence electrons. The summed E-state index contributed by atoms with van der Waals surface area (Å²) in [5.74, 6) is -0.519. The highest BCUT2D eigenvalue weighted by Gasteiger charge is 2.05. The van der Waals surface area contributed by atoms with E-state index in [1.165, 1.54) is 18.2 Å². The normalized spacial score (nSPS) is 10.8. The molecule has 0 atom stereocenters. The van der Waals surface area contributed by atoms with Crippen LogP contribution in [0.15, 0.2) is 24.3 Å². The molecule has 4 heteroatoms. The number of halogens is 2. The number of likely N-dealkylation sites (N-methyl/N-ethyl adjacent to an activating group) is 1.